The summed E-state index contributed by atoms with van der Waals surface area (Å²) in [7, 11) is 0. The number of nitrogens with zero attached hydrogens (tertiary/aromatic N) is 1. The van der Waals surface area contributed by atoms with Gasteiger partial charge in [0.1, 0.15) is 0 Å². The van der Waals surface area contributed by atoms with Crippen molar-refractivity contribution < 1.29 is 4.79 Å². The first-order valence-corrected chi connectivity index (χ1v) is 6.35. The first kappa shape index (κ1) is 13.0. The van der Waals surface area contributed by atoms with E-state index in [9.17, 15) is 4.79 Å². The lowest BCUT2D eigenvalue weighted by molar-refractivity contribution is 0.100. The van der Waals surface area contributed by atoms with Gasteiger partial charge in [-0.25, -0.2) is 0 Å². The highest BCUT2D eigenvalue weighted by molar-refractivity contribution is 5.92. The number of carbonyl (C=O) groups excluding carboxylic acids is 1. The molecule has 0 aromatic carbocycles. The molecule has 0 radical (unpaired) electrons. The van der Waals surface area contributed by atoms with Crippen molar-refractivity contribution in [3.05, 3.63) is 24.0 Å². The van der Waals surface area contributed by atoms with E-state index in [0.717, 1.165) is 12.2 Å². The minimum absolute atomic E-state index is 0.162. The predicted octanol–water partition coefficient (Wildman–Crippen LogP) is 3.91. The number of unbranched alkanes of at least 4 members (excludes halogenated alkanes) is 1. The van der Waals surface area contributed by atoms with Gasteiger partial charge in [-0.15, -0.1) is 0 Å². The Hall–Kier alpha value is -1.05. The molecule has 0 N–H and O–H groups in total. The number of hydrogen-bond donors (Lipinski definition) is 0. The van der Waals surface area contributed by atoms with Crippen LogP contribution in [0.15, 0.2) is 18.3 Å². The molecule has 1 unspecified atom stereocenters. The van der Waals surface area contributed by atoms with Gasteiger partial charge in [0.15, 0.2) is 5.78 Å². The molecular weight excluding hydrogens is 198 g/mol. The minimum Gasteiger partial charge on any atom is -0.345 e. The van der Waals surface area contributed by atoms with Crippen molar-refractivity contribution in [1.29, 1.82) is 0 Å². The fourth-order valence-electron chi connectivity index (χ4n) is 2.09. The summed E-state index contributed by atoms with van der Waals surface area (Å²) in [5.41, 5.74) is 0.843. The number of Topliss-reactive ketones (excluding diaryl/α,β-unsaturated/α-hetero) is 1. The van der Waals surface area contributed by atoms with Crippen LogP contribution in [0, 0.1) is 5.92 Å². The van der Waals surface area contributed by atoms with E-state index in [0.29, 0.717) is 5.92 Å². The molecule has 0 amide bonds. The number of aromatic nitrogens is 1. The van der Waals surface area contributed by atoms with Crippen molar-refractivity contribution in [2.45, 2.75) is 53.0 Å². The van der Waals surface area contributed by atoms with Gasteiger partial charge < -0.3 is 4.57 Å². The molecule has 1 heterocycles. The average molecular weight is 221 g/mol. The van der Waals surface area contributed by atoms with Gasteiger partial charge in [-0.1, -0.05) is 33.1 Å². The third-order valence-electron chi connectivity index (χ3n) is 3.19. The highest BCUT2D eigenvalue weighted by Gasteiger charge is 2.10. The normalized spacial score (nSPS) is 12.7. The lowest BCUT2D eigenvalue weighted by atomic mass is 9.99. The lowest BCUT2D eigenvalue weighted by Gasteiger charge is -2.16. The van der Waals surface area contributed by atoms with Crippen molar-refractivity contribution >= 4 is 5.78 Å². The van der Waals surface area contributed by atoms with Crippen molar-refractivity contribution in [2.75, 3.05) is 0 Å². The molecule has 2 heteroatoms. The Balaban J connectivity index is 2.62. The summed E-state index contributed by atoms with van der Waals surface area (Å²) in [4.78, 5) is 11.4. The average Bonchev–Trinajstić information content (AvgIpc) is 2.72. The smallest absolute Gasteiger partial charge is 0.176 e. The van der Waals surface area contributed by atoms with E-state index in [4.69, 9.17) is 0 Å². The molecule has 0 saturated carbocycles. The van der Waals surface area contributed by atoms with Gasteiger partial charge >= 0.3 is 0 Å². The molecule has 16 heavy (non-hydrogen) atoms. The van der Waals surface area contributed by atoms with Crippen LogP contribution in [0.25, 0.3) is 0 Å². The van der Waals surface area contributed by atoms with Crippen LogP contribution in [0.1, 0.15) is 56.9 Å². The van der Waals surface area contributed by atoms with E-state index in [-0.39, 0.29) is 5.78 Å². The zero-order valence-corrected chi connectivity index (χ0v) is 10.7. The molecule has 1 aromatic heterocycles. The molecule has 0 bridgehead atoms. The van der Waals surface area contributed by atoms with Gasteiger partial charge in [0, 0.05) is 19.7 Å². The molecule has 0 fully saturated rings. The highest BCUT2D eigenvalue weighted by atomic mass is 16.1. The Morgan fingerprint density at radius 1 is 1.44 bits per heavy atom. The molecule has 2 nitrogen and oxygen atoms in total. The zero-order valence-electron chi connectivity index (χ0n) is 10.7. The van der Waals surface area contributed by atoms with Gasteiger partial charge in [-0.2, -0.15) is 0 Å². The van der Waals surface area contributed by atoms with Crippen LogP contribution in [0.2, 0.25) is 0 Å². The van der Waals surface area contributed by atoms with Crippen molar-refractivity contribution in [3.8, 4) is 0 Å². The number of rotatable bonds is 7. The highest BCUT2D eigenvalue weighted by Crippen LogP contribution is 2.16. The number of hydrogen-bond acceptors (Lipinski definition) is 1. The predicted molar refractivity (Wildman–Crippen MR) is 67.7 cm³/mol. The second-order valence-corrected chi connectivity index (χ2v) is 4.52. The molecule has 1 aromatic rings. The maximum atomic E-state index is 11.4. The van der Waals surface area contributed by atoms with Crippen LogP contribution < -0.4 is 0 Å². The standard InChI is InChI=1S/C14H23NO/c1-4-6-8-13(5-2)11-15-10-7-9-14(15)12(3)16/h7,9-10,13H,4-6,8,11H2,1-3H3. The topological polar surface area (TPSA) is 22.0 Å². The lowest BCUT2D eigenvalue weighted by Crippen LogP contribution is -2.13. The fourth-order valence-corrected chi connectivity index (χ4v) is 2.09. The third-order valence-corrected chi connectivity index (χ3v) is 3.19. The molecule has 0 spiro atoms. The summed E-state index contributed by atoms with van der Waals surface area (Å²) in [6.45, 7) is 7.08. The minimum atomic E-state index is 0.162. The third kappa shape index (κ3) is 3.51. The van der Waals surface area contributed by atoms with Gasteiger partial charge in [-0.05, 0) is 24.5 Å². The van der Waals surface area contributed by atoms with Gasteiger partial charge in [-0.3, -0.25) is 4.79 Å². The van der Waals surface area contributed by atoms with Crippen LogP contribution in [0.3, 0.4) is 0 Å². The first-order valence-electron chi connectivity index (χ1n) is 6.35. The van der Waals surface area contributed by atoms with E-state index in [1.807, 2.05) is 18.3 Å². The van der Waals surface area contributed by atoms with Crippen LogP contribution in [-0.4, -0.2) is 10.4 Å². The van der Waals surface area contributed by atoms with E-state index in [1.54, 1.807) is 6.92 Å². The van der Waals surface area contributed by atoms with Crippen LogP contribution in [0.5, 0.6) is 0 Å². The molecule has 0 saturated heterocycles. The molecular formula is C14H23NO. The zero-order chi connectivity index (χ0) is 12.0. The van der Waals surface area contributed by atoms with Crippen molar-refractivity contribution in [2.24, 2.45) is 5.92 Å². The van der Waals surface area contributed by atoms with Gasteiger partial charge in [0.25, 0.3) is 0 Å². The summed E-state index contributed by atoms with van der Waals surface area (Å²) in [5, 5.41) is 0. The summed E-state index contributed by atoms with van der Waals surface area (Å²) >= 11 is 0. The van der Waals surface area contributed by atoms with E-state index >= 15 is 0 Å². The fraction of sp³-hybridized carbons (Fsp3) is 0.643. The number of carbonyl (C=O) groups is 1. The Labute approximate surface area is 98.7 Å². The monoisotopic (exact) mass is 221 g/mol. The molecule has 1 atom stereocenters. The largest absolute Gasteiger partial charge is 0.345 e. The van der Waals surface area contributed by atoms with Crippen LogP contribution >= 0.6 is 0 Å². The molecule has 0 aliphatic carbocycles. The van der Waals surface area contributed by atoms with E-state index in [1.165, 1.54) is 25.7 Å². The van der Waals surface area contributed by atoms with Crippen LogP contribution in [-0.2, 0) is 6.54 Å². The summed E-state index contributed by atoms with van der Waals surface area (Å²) in [6.07, 6.45) is 7.01. The van der Waals surface area contributed by atoms with E-state index in [2.05, 4.69) is 18.4 Å². The molecule has 0 aliphatic rings. The van der Waals surface area contributed by atoms with E-state index < -0.39 is 0 Å². The second-order valence-electron chi connectivity index (χ2n) is 4.52. The summed E-state index contributed by atoms with van der Waals surface area (Å²) in [6, 6.07) is 3.87. The first-order chi connectivity index (χ1) is 7.69. The maximum absolute atomic E-state index is 11.4. The molecule has 90 valence electrons. The van der Waals surface area contributed by atoms with Gasteiger partial charge in [0.05, 0.1) is 5.69 Å². The van der Waals surface area contributed by atoms with Crippen LogP contribution in [0.4, 0.5) is 0 Å². The molecule has 1 rings (SSSR count). The SMILES string of the molecule is CCCCC(CC)Cn1cccc1C(C)=O. The van der Waals surface area contributed by atoms with Gasteiger partial charge in [0.2, 0.25) is 0 Å². The summed E-state index contributed by atoms with van der Waals surface area (Å²) in [5.74, 6) is 0.862. The quantitative estimate of drug-likeness (QED) is 0.640. The van der Waals surface area contributed by atoms with Crippen molar-refractivity contribution in [1.82, 2.24) is 4.57 Å². The Bertz CT molecular complexity index is 327. The molecule has 0 aliphatic heterocycles. The Morgan fingerprint density at radius 2 is 2.19 bits per heavy atom. The Kier molecular flexibility index (Phi) is 5.30. The maximum Gasteiger partial charge on any atom is 0.176 e. The van der Waals surface area contributed by atoms with Crippen molar-refractivity contribution in [3.63, 3.8) is 0 Å². The second kappa shape index (κ2) is 6.51. The summed E-state index contributed by atoms with van der Waals surface area (Å²) < 4.78 is 2.10. The number of ketones is 1. The Morgan fingerprint density at radius 3 is 2.75 bits per heavy atom.